The van der Waals surface area contributed by atoms with E-state index in [-0.39, 0.29) is 6.61 Å². The summed E-state index contributed by atoms with van der Waals surface area (Å²) in [4.78, 5) is 40.8. The third-order valence-corrected chi connectivity index (χ3v) is 4.51. The van der Waals surface area contributed by atoms with Crippen molar-refractivity contribution >= 4 is 29.4 Å². The molecule has 1 aliphatic rings. The fourth-order valence-electron chi connectivity index (χ4n) is 2.90. The maximum Gasteiger partial charge on any atom is 0.444 e. The normalized spacial score (nSPS) is 20.5. The number of alkyl carbamates (subject to hydrolysis) is 1. The van der Waals surface area contributed by atoms with Crippen molar-refractivity contribution in [3.63, 3.8) is 0 Å². The molecule has 0 aliphatic carbocycles. The van der Waals surface area contributed by atoms with E-state index >= 15 is 0 Å². The van der Waals surface area contributed by atoms with Crippen molar-refractivity contribution in [1.29, 1.82) is 0 Å². The van der Waals surface area contributed by atoms with E-state index in [4.69, 9.17) is 0 Å². The monoisotopic (exact) mass is 444 g/mol. The molecule has 1 aromatic carbocycles. The van der Waals surface area contributed by atoms with Crippen LogP contribution in [0.5, 0.6) is 0 Å². The van der Waals surface area contributed by atoms with Gasteiger partial charge in [0.25, 0.3) is 5.91 Å². The third-order valence-electron chi connectivity index (χ3n) is 4.51. The second-order valence-electron chi connectivity index (χ2n) is 6.47. The van der Waals surface area contributed by atoms with Gasteiger partial charge in [-0.25, -0.2) is 24.6 Å². The first-order valence-corrected chi connectivity index (χ1v) is 9.41. The Morgan fingerprint density at radius 1 is 1.13 bits per heavy atom. The third kappa shape index (κ3) is 4.63. The average molecular weight is 444 g/mol. The van der Waals surface area contributed by atoms with Gasteiger partial charge in [0.15, 0.2) is 0 Å². The van der Waals surface area contributed by atoms with Gasteiger partial charge in [0.05, 0.1) is 24.9 Å². The molecule has 1 aromatic rings. The van der Waals surface area contributed by atoms with Crippen LogP contribution >= 0.6 is 0 Å². The number of amides is 2. The number of rotatable bonds is 6. The number of carbonyl (C=O) groups is 3. The van der Waals surface area contributed by atoms with Crippen molar-refractivity contribution in [2.45, 2.75) is 38.7 Å². The van der Waals surface area contributed by atoms with Gasteiger partial charge in [-0.05, 0) is 32.9 Å². The van der Waals surface area contributed by atoms with Crippen LogP contribution in [0.15, 0.2) is 35.3 Å². The minimum atomic E-state index is -5.43. The van der Waals surface area contributed by atoms with Crippen molar-refractivity contribution < 1.29 is 37.0 Å². The zero-order valence-electron chi connectivity index (χ0n) is 17.4. The molecule has 12 heteroatoms. The van der Waals surface area contributed by atoms with Gasteiger partial charge in [-0.2, -0.15) is 13.2 Å². The summed E-state index contributed by atoms with van der Waals surface area (Å²) in [6, 6.07) is 7.23. The van der Waals surface area contributed by atoms with Crippen LogP contribution in [0.4, 0.5) is 23.7 Å². The summed E-state index contributed by atoms with van der Waals surface area (Å²) in [7, 11) is 1.48. The van der Waals surface area contributed by atoms with E-state index in [1.165, 1.54) is 38.1 Å². The van der Waals surface area contributed by atoms with Crippen molar-refractivity contribution in [2.24, 2.45) is 4.99 Å². The molecule has 2 rings (SSSR count). The number of carbonyl (C=O) groups excluding carboxylic acids is 3. The van der Waals surface area contributed by atoms with Gasteiger partial charge in [0.2, 0.25) is 0 Å². The number of aliphatic imine (C=N–C) groups is 1. The Hall–Kier alpha value is -3.15. The molecule has 0 saturated carbocycles. The van der Waals surface area contributed by atoms with E-state index < -0.39 is 48.2 Å². The number of esters is 1. The predicted molar refractivity (Wildman–Crippen MR) is 104 cm³/mol. The Balaban J connectivity index is 2.63. The van der Waals surface area contributed by atoms with Crippen LogP contribution in [0.3, 0.4) is 0 Å². The molecular weight excluding hydrogens is 421 g/mol. The Kier molecular flexibility index (Phi) is 7.26. The first-order chi connectivity index (χ1) is 14.5. The molecule has 0 spiro atoms. The zero-order chi connectivity index (χ0) is 23.4. The molecule has 1 N–H and O–H groups in total. The summed E-state index contributed by atoms with van der Waals surface area (Å²) in [5.74, 6) is -2.77. The number of alkyl halides is 3. The second kappa shape index (κ2) is 9.33. The quantitative estimate of drug-likeness (QED) is 0.676. The number of hydrogen-bond donors (Lipinski definition) is 1. The van der Waals surface area contributed by atoms with E-state index in [1.807, 2.05) is 0 Å². The number of nitrogens with one attached hydrogen (secondary N) is 1. The molecule has 0 radical (unpaired) electrons. The SMILES string of the molecule is CCOC(=O)NC(N=C1C(=O)N(c2ccccc2)N(C)C1C)(C(=O)OCC)C(F)(F)F. The first kappa shape index (κ1) is 24.1. The van der Waals surface area contributed by atoms with Crippen LogP contribution in [0, 0.1) is 0 Å². The molecule has 31 heavy (non-hydrogen) atoms. The summed E-state index contributed by atoms with van der Waals surface area (Å²) in [5, 5.41) is 3.95. The minimum absolute atomic E-state index is 0.251. The summed E-state index contributed by atoms with van der Waals surface area (Å²) < 4.78 is 51.5. The Morgan fingerprint density at radius 3 is 2.23 bits per heavy atom. The molecule has 1 aliphatic heterocycles. The molecule has 170 valence electrons. The smallest absolute Gasteiger partial charge is 0.444 e. The number of ether oxygens (including phenoxy) is 2. The molecule has 2 amide bonds. The van der Waals surface area contributed by atoms with Crippen molar-refractivity contribution in [2.75, 3.05) is 25.3 Å². The molecular formula is C19H23F3N4O5. The van der Waals surface area contributed by atoms with Gasteiger partial charge in [-0.1, -0.05) is 18.2 Å². The van der Waals surface area contributed by atoms with Crippen LogP contribution in [0.1, 0.15) is 20.8 Å². The molecule has 1 fully saturated rings. The van der Waals surface area contributed by atoms with E-state index in [2.05, 4.69) is 14.5 Å². The lowest BCUT2D eigenvalue weighted by atomic mass is 10.1. The van der Waals surface area contributed by atoms with E-state index in [1.54, 1.807) is 30.3 Å². The highest BCUT2D eigenvalue weighted by molar-refractivity contribution is 6.47. The van der Waals surface area contributed by atoms with Crippen LogP contribution in [0.25, 0.3) is 0 Å². The first-order valence-electron chi connectivity index (χ1n) is 9.41. The van der Waals surface area contributed by atoms with Gasteiger partial charge in [0.1, 0.15) is 5.71 Å². The largest absolute Gasteiger partial charge is 0.463 e. The van der Waals surface area contributed by atoms with Gasteiger partial charge >= 0.3 is 23.9 Å². The number of para-hydroxylation sites is 1. The van der Waals surface area contributed by atoms with E-state index in [0.29, 0.717) is 5.69 Å². The highest BCUT2D eigenvalue weighted by atomic mass is 19.4. The molecule has 2 unspecified atom stereocenters. The number of nitrogens with zero attached hydrogens (tertiary/aromatic N) is 3. The maximum absolute atomic E-state index is 14.2. The molecule has 0 bridgehead atoms. The summed E-state index contributed by atoms with van der Waals surface area (Å²) >= 11 is 0. The molecule has 1 saturated heterocycles. The van der Waals surface area contributed by atoms with Crippen LogP contribution in [-0.4, -0.2) is 66.8 Å². The highest BCUT2D eigenvalue weighted by Crippen LogP contribution is 2.35. The van der Waals surface area contributed by atoms with E-state index in [0.717, 1.165) is 5.01 Å². The standard InChI is InChI=1S/C19H23F3N4O5/c1-5-30-16(28)18(19(20,21)22,24-17(29)31-6-2)23-14-12(3)25(4)26(15(14)27)13-10-8-7-9-11-13/h7-12H,5-6H2,1-4H3,(H,24,29). The molecule has 0 aromatic heterocycles. The molecule has 2 atom stereocenters. The Labute approximate surface area is 176 Å². The van der Waals surface area contributed by atoms with E-state index in [9.17, 15) is 27.6 Å². The van der Waals surface area contributed by atoms with Crippen LogP contribution in [0.2, 0.25) is 0 Å². The zero-order valence-corrected chi connectivity index (χ0v) is 17.4. The molecule has 1 heterocycles. The van der Waals surface area contributed by atoms with Gasteiger partial charge in [-0.15, -0.1) is 0 Å². The minimum Gasteiger partial charge on any atom is -0.463 e. The predicted octanol–water partition coefficient (Wildman–Crippen LogP) is 2.28. The van der Waals surface area contributed by atoms with Crippen molar-refractivity contribution in [3.05, 3.63) is 30.3 Å². The van der Waals surface area contributed by atoms with Gasteiger partial charge in [0, 0.05) is 7.05 Å². The Morgan fingerprint density at radius 2 is 1.71 bits per heavy atom. The van der Waals surface area contributed by atoms with Crippen LogP contribution in [-0.2, 0) is 19.1 Å². The Bertz CT molecular complexity index is 862. The number of hydrogen-bond acceptors (Lipinski definition) is 7. The number of halogens is 3. The summed E-state index contributed by atoms with van der Waals surface area (Å²) in [6.45, 7) is 3.45. The number of hydrazine groups is 1. The van der Waals surface area contributed by atoms with Gasteiger partial charge < -0.3 is 9.47 Å². The highest BCUT2D eigenvalue weighted by Gasteiger charge is 2.65. The van der Waals surface area contributed by atoms with Gasteiger partial charge in [-0.3, -0.25) is 10.1 Å². The average Bonchev–Trinajstić information content (AvgIpc) is 2.90. The lowest BCUT2D eigenvalue weighted by Gasteiger charge is -2.30. The topological polar surface area (TPSA) is 101 Å². The lowest BCUT2D eigenvalue weighted by Crippen LogP contribution is -2.64. The maximum atomic E-state index is 14.2. The van der Waals surface area contributed by atoms with Crippen LogP contribution < -0.4 is 10.3 Å². The van der Waals surface area contributed by atoms with Crippen molar-refractivity contribution in [1.82, 2.24) is 10.3 Å². The summed E-state index contributed by atoms with van der Waals surface area (Å²) in [5.41, 5.74) is -4.06. The van der Waals surface area contributed by atoms with Crippen molar-refractivity contribution in [3.8, 4) is 0 Å². The fraction of sp³-hybridized carbons (Fsp3) is 0.474. The fourth-order valence-corrected chi connectivity index (χ4v) is 2.90. The number of anilines is 1. The summed E-state index contributed by atoms with van der Waals surface area (Å²) in [6.07, 6.45) is -6.97. The lowest BCUT2D eigenvalue weighted by molar-refractivity contribution is -0.210. The molecule has 9 nitrogen and oxygen atoms in total. The number of benzene rings is 1. The second-order valence-corrected chi connectivity index (χ2v) is 6.47.